The number of carbonyl (C=O) groups excluding carboxylic acids is 2. The van der Waals surface area contributed by atoms with Gasteiger partial charge in [-0.15, -0.1) is 11.8 Å². The Morgan fingerprint density at radius 1 is 1.18 bits per heavy atom. The van der Waals surface area contributed by atoms with Crippen LogP contribution in [-0.2, 0) is 11.2 Å². The van der Waals surface area contributed by atoms with Crippen LogP contribution in [-0.4, -0.2) is 53.1 Å². The number of hydrogen-bond acceptors (Lipinski definition) is 4. The lowest BCUT2D eigenvalue weighted by molar-refractivity contribution is -0.122. The molecule has 1 unspecified atom stereocenters. The van der Waals surface area contributed by atoms with Crippen molar-refractivity contribution < 1.29 is 9.59 Å². The van der Waals surface area contributed by atoms with Gasteiger partial charge in [0.25, 0.3) is 0 Å². The van der Waals surface area contributed by atoms with Crippen LogP contribution in [0.4, 0.5) is 10.5 Å². The first-order valence-corrected chi connectivity index (χ1v) is 13.3. The molecule has 2 aromatic carbocycles. The molecule has 1 atom stereocenters. The number of nitrogens with one attached hydrogen (secondary N) is 3. The van der Waals surface area contributed by atoms with Crippen molar-refractivity contribution in [3.8, 4) is 0 Å². The highest BCUT2D eigenvalue weighted by atomic mass is 35.5. The van der Waals surface area contributed by atoms with Gasteiger partial charge in [0.05, 0.1) is 10.9 Å². The van der Waals surface area contributed by atoms with Gasteiger partial charge in [0.2, 0.25) is 5.91 Å². The number of amides is 3. The Morgan fingerprint density at radius 3 is 2.68 bits per heavy atom. The SMILES string of the molecule is Cc1cccc(NC(=O)N2CCC3(CC2)NC(C(=O)NCCc2ccc(Cl)cc2Cl)CS3)c1C. The fraction of sp³-hybridized carbons (Fsp3) is 0.440. The predicted octanol–water partition coefficient (Wildman–Crippen LogP) is 5.00. The zero-order valence-corrected chi connectivity index (χ0v) is 21.7. The Balaban J connectivity index is 1.23. The maximum absolute atomic E-state index is 12.8. The van der Waals surface area contributed by atoms with E-state index in [4.69, 9.17) is 23.2 Å². The molecule has 2 fully saturated rings. The fourth-order valence-corrected chi connectivity index (χ4v) is 6.31. The van der Waals surface area contributed by atoms with Crippen molar-refractivity contribution in [2.75, 3.05) is 30.7 Å². The standard InChI is InChI=1S/C25H30Cl2N4O2S/c1-16-4-3-5-21(17(16)2)29-24(33)31-12-9-25(10-13-31)30-22(15-34-25)23(32)28-11-8-18-6-7-19(26)14-20(18)27/h3-7,14,22,30H,8-13,15H2,1-2H3,(H,28,32)(H,29,33). The van der Waals surface area contributed by atoms with Crippen LogP contribution in [0.1, 0.15) is 29.5 Å². The Morgan fingerprint density at radius 2 is 1.94 bits per heavy atom. The van der Waals surface area contributed by atoms with Gasteiger partial charge in [0, 0.05) is 41.1 Å². The molecule has 0 saturated carbocycles. The topological polar surface area (TPSA) is 73.5 Å². The van der Waals surface area contributed by atoms with E-state index in [2.05, 4.69) is 16.0 Å². The van der Waals surface area contributed by atoms with E-state index < -0.39 is 0 Å². The third-order valence-electron chi connectivity index (χ3n) is 6.69. The lowest BCUT2D eigenvalue weighted by Crippen LogP contribution is -2.55. The van der Waals surface area contributed by atoms with Gasteiger partial charge in [0.1, 0.15) is 0 Å². The molecule has 2 saturated heterocycles. The Bertz CT molecular complexity index is 1070. The number of thioether (sulfide) groups is 1. The molecule has 4 rings (SSSR count). The monoisotopic (exact) mass is 520 g/mol. The molecule has 3 N–H and O–H groups in total. The number of carbonyl (C=O) groups is 2. The normalized spacial score (nSPS) is 19.3. The van der Waals surface area contributed by atoms with Crippen LogP contribution in [0.15, 0.2) is 36.4 Å². The summed E-state index contributed by atoms with van der Waals surface area (Å²) >= 11 is 14.0. The van der Waals surface area contributed by atoms with Crippen molar-refractivity contribution in [3.63, 3.8) is 0 Å². The summed E-state index contributed by atoms with van der Waals surface area (Å²) in [5.74, 6) is 0.729. The second-order valence-corrected chi connectivity index (χ2v) is 11.2. The highest BCUT2D eigenvalue weighted by Crippen LogP contribution is 2.39. The number of piperidine rings is 1. The van der Waals surface area contributed by atoms with Gasteiger partial charge in [-0.05, 0) is 68.0 Å². The van der Waals surface area contributed by atoms with Crippen molar-refractivity contribution >= 4 is 52.6 Å². The number of hydrogen-bond donors (Lipinski definition) is 3. The lowest BCUT2D eigenvalue weighted by atomic mass is 10.0. The van der Waals surface area contributed by atoms with Gasteiger partial charge >= 0.3 is 6.03 Å². The minimum absolute atomic E-state index is 0.00422. The lowest BCUT2D eigenvalue weighted by Gasteiger charge is -2.39. The van der Waals surface area contributed by atoms with E-state index >= 15 is 0 Å². The highest BCUT2D eigenvalue weighted by molar-refractivity contribution is 8.01. The van der Waals surface area contributed by atoms with E-state index in [0.29, 0.717) is 36.1 Å². The number of nitrogens with zero attached hydrogens (tertiary/aromatic N) is 1. The number of rotatable bonds is 5. The second-order valence-electron chi connectivity index (χ2n) is 8.94. The summed E-state index contributed by atoms with van der Waals surface area (Å²) < 4.78 is 0. The summed E-state index contributed by atoms with van der Waals surface area (Å²) in [7, 11) is 0. The Kier molecular flexibility index (Phi) is 7.97. The van der Waals surface area contributed by atoms with Crippen LogP contribution in [0.25, 0.3) is 0 Å². The van der Waals surface area contributed by atoms with Crippen LogP contribution in [0.3, 0.4) is 0 Å². The molecule has 2 heterocycles. The van der Waals surface area contributed by atoms with Crippen molar-refractivity contribution in [2.45, 2.75) is 44.0 Å². The quantitative estimate of drug-likeness (QED) is 0.518. The molecule has 9 heteroatoms. The number of anilines is 1. The van der Waals surface area contributed by atoms with Crippen LogP contribution in [0, 0.1) is 13.8 Å². The van der Waals surface area contributed by atoms with Crippen LogP contribution in [0.2, 0.25) is 10.0 Å². The second kappa shape index (κ2) is 10.8. The molecule has 34 heavy (non-hydrogen) atoms. The van der Waals surface area contributed by atoms with Crippen molar-refractivity contribution in [2.24, 2.45) is 0 Å². The van der Waals surface area contributed by atoms with E-state index in [1.54, 1.807) is 23.9 Å². The van der Waals surface area contributed by atoms with Gasteiger partial charge in [-0.1, -0.05) is 41.4 Å². The Hall–Kier alpha value is -1.93. The maximum atomic E-state index is 12.8. The van der Waals surface area contributed by atoms with E-state index in [0.717, 1.165) is 41.0 Å². The molecule has 0 bridgehead atoms. The van der Waals surface area contributed by atoms with E-state index in [-0.39, 0.29) is 22.9 Å². The van der Waals surface area contributed by atoms with Crippen molar-refractivity contribution in [1.29, 1.82) is 0 Å². The molecule has 2 aromatic rings. The van der Waals surface area contributed by atoms with Crippen LogP contribution in [0.5, 0.6) is 0 Å². The predicted molar refractivity (Wildman–Crippen MR) is 141 cm³/mol. The van der Waals surface area contributed by atoms with Crippen LogP contribution < -0.4 is 16.0 Å². The summed E-state index contributed by atoms with van der Waals surface area (Å²) in [6.07, 6.45) is 2.27. The minimum Gasteiger partial charge on any atom is -0.354 e. The number of benzene rings is 2. The third kappa shape index (κ3) is 5.82. The fourth-order valence-electron chi connectivity index (χ4n) is 4.39. The molecule has 3 amide bonds. The van der Waals surface area contributed by atoms with E-state index in [1.165, 1.54) is 0 Å². The molecular formula is C25H30Cl2N4O2S. The summed E-state index contributed by atoms with van der Waals surface area (Å²) in [4.78, 5) is 27.2. The average molecular weight is 522 g/mol. The summed E-state index contributed by atoms with van der Waals surface area (Å²) in [5.41, 5.74) is 4.06. The van der Waals surface area contributed by atoms with Gasteiger partial charge in [0.15, 0.2) is 0 Å². The number of aryl methyl sites for hydroxylation is 1. The molecule has 0 aromatic heterocycles. The molecule has 6 nitrogen and oxygen atoms in total. The molecule has 2 aliphatic rings. The van der Waals surface area contributed by atoms with Crippen molar-refractivity contribution in [3.05, 3.63) is 63.1 Å². The third-order valence-corrected chi connectivity index (χ3v) is 8.86. The summed E-state index contributed by atoms with van der Waals surface area (Å²) in [5, 5.41) is 10.8. The largest absolute Gasteiger partial charge is 0.354 e. The smallest absolute Gasteiger partial charge is 0.321 e. The maximum Gasteiger partial charge on any atom is 0.321 e. The number of likely N-dealkylation sites (tertiary alicyclic amines) is 1. The van der Waals surface area contributed by atoms with E-state index in [9.17, 15) is 9.59 Å². The van der Waals surface area contributed by atoms with Gasteiger partial charge in [-0.3, -0.25) is 10.1 Å². The summed E-state index contributed by atoms with van der Waals surface area (Å²) in [6.45, 7) is 5.88. The molecule has 2 aliphatic heterocycles. The first-order chi connectivity index (χ1) is 16.3. The summed E-state index contributed by atoms with van der Waals surface area (Å²) in [6, 6.07) is 11.0. The minimum atomic E-state index is -0.235. The first-order valence-electron chi connectivity index (χ1n) is 11.5. The average Bonchev–Trinajstić information content (AvgIpc) is 3.22. The number of urea groups is 1. The molecular weight excluding hydrogens is 491 g/mol. The molecule has 1 spiro atoms. The van der Waals surface area contributed by atoms with Gasteiger partial charge in [-0.25, -0.2) is 4.79 Å². The van der Waals surface area contributed by atoms with Gasteiger partial charge in [-0.2, -0.15) is 0 Å². The van der Waals surface area contributed by atoms with Crippen molar-refractivity contribution in [1.82, 2.24) is 15.5 Å². The highest BCUT2D eigenvalue weighted by Gasteiger charge is 2.44. The Labute approximate surface area is 215 Å². The van der Waals surface area contributed by atoms with Crippen LogP contribution >= 0.6 is 35.0 Å². The molecule has 0 radical (unpaired) electrons. The zero-order valence-electron chi connectivity index (χ0n) is 19.4. The van der Waals surface area contributed by atoms with E-state index in [1.807, 2.05) is 43.0 Å². The number of halogens is 2. The zero-order chi connectivity index (χ0) is 24.3. The molecule has 0 aliphatic carbocycles. The first kappa shape index (κ1) is 25.2. The van der Waals surface area contributed by atoms with Gasteiger partial charge < -0.3 is 15.5 Å². The molecule has 182 valence electrons.